The molecule has 172 valence electrons. The highest BCUT2D eigenvalue weighted by molar-refractivity contribution is 7.79. The Morgan fingerprint density at radius 2 is 1.03 bits per heavy atom. The first-order valence-corrected chi connectivity index (χ1v) is 10.2. The standard InChI is InChI=1S/2C9H18N2O.H2O4S/c2*1-6-9(12)10-8(2)7-11(3,4)5;1-5(2,3)4/h2*6,8H,1,7H2,2-5H3;(H2,1,2,3,4). The van der Waals surface area contributed by atoms with Crippen LogP contribution < -0.4 is 10.6 Å². The van der Waals surface area contributed by atoms with Gasteiger partial charge < -0.3 is 28.7 Å². The molecule has 0 aliphatic heterocycles. The second-order valence-corrected chi connectivity index (χ2v) is 9.40. The fraction of sp³-hybridized carbons (Fsp3) is 0.667. The third kappa shape index (κ3) is 37.6. The van der Waals surface area contributed by atoms with Crippen LogP contribution in [0.25, 0.3) is 0 Å². The molecule has 0 aliphatic carbocycles. The number of rotatable bonds is 8. The fourth-order valence-electron chi connectivity index (χ4n) is 2.34. The first-order valence-electron chi connectivity index (χ1n) is 8.83. The number of amides is 2. The Morgan fingerprint density at radius 3 is 1.17 bits per heavy atom. The van der Waals surface area contributed by atoms with Crippen molar-refractivity contribution in [3.05, 3.63) is 25.3 Å². The normalized spacial score (nSPS) is 13.3. The Bertz CT molecular complexity index is 573. The van der Waals surface area contributed by atoms with Gasteiger partial charge in [-0.3, -0.25) is 18.0 Å². The second-order valence-electron chi connectivity index (χ2n) is 8.58. The Kier molecular flexibility index (Phi) is 15.7. The maximum Gasteiger partial charge on any atom is 0.243 e. The molecule has 0 spiro atoms. The summed E-state index contributed by atoms with van der Waals surface area (Å²) in [5, 5.41) is 5.63. The third-order valence-electron chi connectivity index (χ3n) is 2.79. The number of carbonyl (C=O) groups excluding carboxylic acids is 2. The molecular weight excluding hydrogens is 400 g/mol. The summed E-state index contributed by atoms with van der Waals surface area (Å²) in [6.07, 6.45) is 2.60. The van der Waals surface area contributed by atoms with Crippen LogP contribution in [0.5, 0.6) is 0 Å². The molecule has 0 aromatic heterocycles. The zero-order valence-electron chi connectivity index (χ0n) is 18.9. The van der Waals surface area contributed by atoms with Crippen molar-refractivity contribution in [3.63, 3.8) is 0 Å². The van der Waals surface area contributed by atoms with Crippen molar-refractivity contribution >= 4 is 22.2 Å². The van der Waals surface area contributed by atoms with Gasteiger partial charge in [0.2, 0.25) is 11.8 Å². The number of likely N-dealkylation sites (N-methyl/N-ethyl adjacent to an activating group) is 2. The molecule has 29 heavy (non-hydrogen) atoms. The molecule has 2 unspecified atom stereocenters. The van der Waals surface area contributed by atoms with E-state index < -0.39 is 10.4 Å². The Hall–Kier alpha value is -1.79. The summed E-state index contributed by atoms with van der Waals surface area (Å²) < 4.78 is 35.8. The van der Waals surface area contributed by atoms with Crippen LogP contribution in [0, 0.1) is 0 Å². The van der Waals surface area contributed by atoms with E-state index in [4.69, 9.17) is 17.5 Å². The molecule has 11 heteroatoms. The van der Waals surface area contributed by atoms with E-state index in [-0.39, 0.29) is 23.9 Å². The highest BCUT2D eigenvalue weighted by Gasteiger charge is 2.14. The van der Waals surface area contributed by atoms with Gasteiger partial charge in [0.1, 0.15) is 0 Å². The predicted molar refractivity (Wildman–Crippen MR) is 112 cm³/mol. The van der Waals surface area contributed by atoms with Crippen LogP contribution in [0.3, 0.4) is 0 Å². The summed E-state index contributed by atoms with van der Waals surface area (Å²) in [5.74, 6) is -0.202. The molecule has 0 bridgehead atoms. The van der Waals surface area contributed by atoms with Crippen LogP contribution in [-0.4, -0.2) is 106 Å². The van der Waals surface area contributed by atoms with Gasteiger partial charge in [-0.1, -0.05) is 13.2 Å². The average molecular weight is 439 g/mol. The van der Waals surface area contributed by atoms with E-state index in [1.165, 1.54) is 12.2 Å². The molecule has 0 saturated carbocycles. The SMILES string of the molecule is C=CC(=O)NC(C)C[N+](C)(C)C.C=CC(=O)NC(C)C[N+](C)(C)C.O=S(=O)([O-])[O-]. The Balaban J connectivity index is -0.000000380. The van der Waals surface area contributed by atoms with Crippen LogP contribution >= 0.6 is 0 Å². The van der Waals surface area contributed by atoms with Crippen LogP contribution in [0.4, 0.5) is 0 Å². The van der Waals surface area contributed by atoms with Crippen LogP contribution in [0.2, 0.25) is 0 Å². The predicted octanol–water partition coefficient (Wildman–Crippen LogP) is -0.571. The first-order chi connectivity index (χ1) is 12.7. The van der Waals surface area contributed by atoms with Crippen molar-refractivity contribution in [1.82, 2.24) is 10.6 Å². The highest BCUT2D eigenvalue weighted by Crippen LogP contribution is 1.94. The van der Waals surface area contributed by atoms with Gasteiger partial charge in [-0.15, -0.1) is 0 Å². The molecule has 0 aromatic rings. The van der Waals surface area contributed by atoms with Crippen LogP contribution in [-0.2, 0) is 20.0 Å². The van der Waals surface area contributed by atoms with Crippen molar-refractivity contribution in [2.24, 2.45) is 0 Å². The summed E-state index contributed by atoms with van der Waals surface area (Å²) in [5.41, 5.74) is 0. The minimum Gasteiger partial charge on any atom is -0.759 e. The zero-order valence-corrected chi connectivity index (χ0v) is 19.7. The van der Waals surface area contributed by atoms with Gasteiger partial charge in [0, 0.05) is 10.4 Å². The lowest BCUT2D eigenvalue weighted by Gasteiger charge is -2.27. The number of quaternary nitrogens is 2. The van der Waals surface area contributed by atoms with Crippen LogP contribution in [0.1, 0.15) is 13.8 Å². The Labute approximate surface area is 176 Å². The van der Waals surface area contributed by atoms with Gasteiger partial charge in [0.05, 0.1) is 67.5 Å². The molecule has 0 radical (unpaired) electrons. The average Bonchev–Trinajstić information content (AvgIpc) is 2.41. The summed E-state index contributed by atoms with van der Waals surface area (Å²) in [6, 6.07) is 0.381. The van der Waals surface area contributed by atoms with E-state index in [2.05, 4.69) is 66.1 Å². The van der Waals surface area contributed by atoms with E-state index in [9.17, 15) is 9.59 Å². The number of nitrogens with one attached hydrogen (secondary N) is 2. The number of nitrogens with zero attached hydrogens (tertiary/aromatic N) is 2. The molecular formula is C18H38N4O6S. The molecule has 10 nitrogen and oxygen atoms in total. The zero-order chi connectivity index (χ0) is 24.1. The molecule has 0 aromatic carbocycles. The molecule has 2 atom stereocenters. The van der Waals surface area contributed by atoms with Gasteiger partial charge in [-0.2, -0.15) is 0 Å². The van der Waals surface area contributed by atoms with E-state index in [0.717, 1.165) is 22.1 Å². The van der Waals surface area contributed by atoms with Gasteiger partial charge in [0.25, 0.3) is 0 Å². The molecule has 0 rings (SSSR count). The molecule has 0 fully saturated rings. The minimum absolute atomic E-state index is 0.101. The van der Waals surface area contributed by atoms with Gasteiger partial charge in [0.15, 0.2) is 0 Å². The minimum atomic E-state index is -5.17. The van der Waals surface area contributed by atoms with E-state index in [1.54, 1.807) is 0 Å². The maximum absolute atomic E-state index is 10.9. The van der Waals surface area contributed by atoms with E-state index in [1.807, 2.05) is 13.8 Å². The van der Waals surface area contributed by atoms with E-state index in [0.29, 0.717) is 0 Å². The number of carbonyl (C=O) groups is 2. The Morgan fingerprint density at radius 1 is 0.828 bits per heavy atom. The largest absolute Gasteiger partial charge is 0.759 e. The van der Waals surface area contributed by atoms with E-state index >= 15 is 0 Å². The van der Waals surface area contributed by atoms with Crippen molar-refractivity contribution in [3.8, 4) is 0 Å². The van der Waals surface area contributed by atoms with Crippen molar-refractivity contribution in [2.45, 2.75) is 25.9 Å². The lowest BCUT2D eigenvalue weighted by atomic mass is 10.3. The quantitative estimate of drug-likeness (QED) is 0.225. The van der Waals surface area contributed by atoms with Crippen LogP contribution in [0.15, 0.2) is 25.3 Å². The lowest BCUT2D eigenvalue weighted by molar-refractivity contribution is -0.871. The number of hydrogen-bond donors (Lipinski definition) is 2. The van der Waals surface area contributed by atoms with Gasteiger partial charge in [-0.05, 0) is 26.0 Å². The lowest BCUT2D eigenvalue weighted by Crippen LogP contribution is -2.47. The third-order valence-corrected chi connectivity index (χ3v) is 2.79. The smallest absolute Gasteiger partial charge is 0.243 e. The molecule has 0 aliphatic rings. The topological polar surface area (TPSA) is 138 Å². The summed E-state index contributed by atoms with van der Waals surface area (Å²) in [6.45, 7) is 12.6. The first kappa shape index (κ1) is 31.9. The molecule has 0 heterocycles. The van der Waals surface area contributed by atoms with Crippen molar-refractivity contribution < 1.29 is 36.1 Å². The van der Waals surface area contributed by atoms with Crippen molar-refractivity contribution in [2.75, 3.05) is 55.4 Å². The maximum atomic E-state index is 10.9. The second kappa shape index (κ2) is 14.2. The summed E-state index contributed by atoms with van der Waals surface area (Å²) >= 11 is 0. The van der Waals surface area contributed by atoms with Gasteiger partial charge >= 0.3 is 0 Å². The monoisotopic (exact) mass is 438 g/mol. The molecule has 0 saturated heterocycles. The number of hydrogen-bond acceptors (Lipinski definition) is 6. The summed E-state index contributed by atoms with van der Waals surface area (Å²) in [7, 11) is 7.40. The molecule has 2 amide bonds. The van der Waals surface area contributed by atoms with Gasteiger partial charge in [-0.25, -0.2) is 0 Å². The fourth-order valence-corrected chi connectivity index (χ4v) is 2.34. The van der Waals surface area contributed by atoms with Crippen molar-refractivity contribution in [1.29, 1.82) is 0 Å². The highest BCUT2D eigenvalue weighted by atomic mass is 32.3. The summed E-state index contributed by atoms with van der Waals surface area (Å²) in [4.78, 5) is 21.7. The molecule has 2 N–H and O–H groups in total.